The first-order valence-electron chi connectivity index (χ1n) is 23.8. The van der Waals surface area contributed by atoms with Crippen molar-refractivity contribution in [1.82, 2.24) is 9.55 Å². The molecule has 0 saturated heterocycles. The lowest BCUT2D eigenvalue weighted by Gasteiger charge is -2.24. The number of benzene rings is 9. The second-order valence-electron chi connectivity index (χ2n) is 19.3. The first kappa shape index (κ1) is 40.7. The first-order valence-corrected chi connectivity index (χ1v) is 23.8. The highest BCUT2D eigenvalue weighted by Gasteiger charge is 2.28. The summed E-state index contributed by atoms with van der Waals surface area (Å²) in [4.78, 5) is 10.6. The number of pyridine rings is 1. The summed E-state index contributed by atoms with van der Waals surface area (Å²) in [7, 11) is 0. The minimum atomic E-state index is -0.0780. The van der Waals surface area contributed by atoms with Crippen LogP contribution in [0.4, 0.5) is 5.69 Å². The largest absolute Gasteiger partial charge is 0.457 e. The Balaban J connectivity index is 1.02. The monoisotopic (exact) mass is 885 g/mol. The van der Waals surface area contributed by atoms with Gasteiger partial charge in [0.2, 0.25) is 0 Å². The predicted octanol–water partition coefficient (Wildman–Crippen LogP) is 17.4. The maximum Gasteiger partial charge on any atom is 0.137 e. The van der Waals surface area contributed by atoms with Crippen molar-refractivity contribution < 1.29 is 4.74 Å². The molecule has 4 nitrogen and oxygen atoms in total. The fraction of sp³-hybridized carbons (Fsp3) is 0.0769. The summed E-state index contributed by atoms with van der Waals surface area (Å²) in [5.41, 5.74) is 22.5. The van der Waals surface area contributed by atoms with Crippen molar-refractivity contribution in [2.45, 2.75) is 33.1 Å². The minimum absolute atomic E-state index is 0.0780. The van der Waals surface area contributed by atoms with Crippen molar-refractivity contribution in [3.05, 3.63) is 235 Å². The fourth-order valence-electron chi connectivity index (χ4n) is 10.8. The Hall–Kier alpha value is -8.60. The quantitative estimate of drug-likeness (QED) is 0.177. The molecule has 3 heterocycles. The molecule has 0 spiro atoms. The van der Waals surface area contributed by atoms with E-state index in [0.717, 1.165) is 73.0 Å². The molecule has 2 aliphatic rings. The topological polar surface area (TPSA) is 39.4 Å². The van der Waals surface area contributed by atoms with Gasteiger partial charge in [-0.1, -0.05) is 178 Å². The van der Waals surface area contributed by atoms with Crippen molar-refractivity contribution >= 4 is 33.2 Å². The number of aliphatic imine (C=N–C) groups is 1. The average Bonchev–Trinajstić information content (AvgIpc) is 3.71. The van der Waals surface area contributed by atoms with Gasteiger partial charge in [0.1, 0.15) is 17.3 Å². The number of aryl methyl sites for hydroxylation is 1. The molecule has 1 aliphatic carbocycles. The van der Waals surface area contributed by atoms with Gasteiger partial charge in [-0.2, -0.15) is 0 Å². The van der Waals surface area contributed by atoms with Gasteiger partial charge in [0, 0.05) is 45.3 Å². The van der Waals surface area contributed by atoms with Gasteiger partial charge in [-0.05, 0) is 122 Å². The number of para-hydroxylation sites is 1. The summed E-state index contributed by atoms with van der Waals surface area (Å²) >= 11 is 0. The number of hydrogen-bond donors (Lipinski definition) is 0. The Labute approximate surface area is 402 Å². The van der Waals surface area contributed by atoms with Crippen LogP contribution in [0.2, 0.25) is 0 Å². The molecule has 2 aromatic heterocycles. The third-order valence-electron chi connectivity index (χ3n) is 14.2. The van der Waals surface area contributed by atoms with Gasteiger partial charge in [-0.25, -0.2) is 9.98 Å². The van der Waals surface area contributed by atoms with E-state index in [1.165, 1.54) is 66.6 Å². The van der Waals surface area contributed by atoms with Crippen molar-refractivity contribution in [1.29, 1.82) is 0 Å². The number of hydrogen-bond acceptors (Lipinski definition) is 3. The Kier molecular flexibility index (Phi) is 9.28. The smallest absolute Gasteiger partial charge is 0.137 e. The minimum Gasteiger partial charge on any atom is -0.457 e. The second-order valence-corrected chi connectivity index (χ2v) is 19.3. The van der Waals surface area contributed by atoms with E-state index in [0.29, 0.717) is 0 Å². The van der Waals surface area contributed by atoms with Crippen LogP contribution in [-0.2, 0) is 5.41 Å². The molecule has 0 N–H and O–H groups in total. The molecule has 0 atom stereocenters. The Bertz CT molecular complexity index is 3930. The molecule has 0 amide bonds. The summed E-state index contributed by atoms with van der Waals surface area (Å²) in [6.07, 6.45) is 1.95. The summed E-state index contributed by atoms with van der Waals surface area (Å²) in [5, 5.41) is 2.31. The van der Waals surface area contributed by atoms with Crippen molar-refractivity contribution in [2.75, 3.05) is 0 Å². The number of fused-ring (bicyclic) bond motifs is 17. The van der Waals surface area contributed by atoms with E-state index in [1.54, 1.807) is 0 Å². The molecule has 0 radical (unpaired) electrons. The predicted molar refractivity (Wildman–Crippen MR) is 286 cm³/mol. The lowest BCUT2D eigenvalue weighted by molar-refractivity contribution is 0.479. The lowest BCUT2D eigenvalue weighted by atomic mass is 9.79. The molecular formula is C65H47N3O. The zero-order valence-electron chi connectivity index (χ0n) is 39.0. The van der Waals surface area contributed by atoms with E-state index in [2.05, 4.69) is 239 Å². The third-order valence-corrected chi connectivity index (χ3v) is 14.2. The number of aromatic nitrogens is 2. The normalized spacial score (nSPS) is 12.4. The molecule has 0 saturated carbocycles. The highest BCUT2D eigenvalue weighted by molar-refractivity contribution is 6.22. The zero-order chi connectivity index (χ0) is 46.4. The Morgan fingerprint density at radius 1 is 0.449 bits per heavy atom. The van der Waals surface area contributed by atoms with Crippen LogP contribution < -0.4 is 4.74 Å². The van der Waals surface area contributed by atoms with Crippen LogP contribution in [0.15, 0.2) is 217 Å². The standard InChI is InChI=1S/C65H47N3O/c1-40-29-30-41(64-55-27-14-12-24-51(55)47-20-7-9-21-48(47)52-25-15-16-28-57(52)67-64)37-60(40)69-43-31-32-56-59(39-43)68(61-38-42(35-36-66-61)65(2,3)4)58-34-33-54-50-23-10-8-19-46(50)44-17-5-6-18-45(44)49-22-11-13-26-53(49)62(54)63(56)58/h5-39H,1-4H3. The van der Waals surface area contributed by atoms with E-state index in [1.807, 2.05) is 6.20 Å². The summed E-state index contributed by atoms with van der Waals surface area (Å²) < 4.78 is 9.43. The van der Waals surface area contributed by atoms with Gasteiger partial charge in [-0.3, -0.25) is 4.57 Å². The van der Waals surface area contributed by atoms with Crippen LogP contribution in [0.3, 0.4) is 0 Å². The van der Waals surface area contributed by atoms with Crippen LogP contribution in [-0.4, -0.2) is 15.3 Å². The van der Waals surface area contributed by atoms with Gasteiger partial charge in [0.25, 0.3) is 0 Å². The second kappa shape index (κ2) is 15.8. The summed E-state index contributed by atoms with van der Waals surface area (Å²) in [6.45, 7) is 8.89. The molecule has 13 rings (SSSR count). The summed E-state index contributed by atoms with van der Waals surface area (Å²) in [5.74, 6) is 2.37. The molecule has 0 unspecified atom stereocenters. The maximum atomic E-state index is 7.09. The SMILES string of the molecule is Cc1ccc(C2=Nc3ccccc3-c3ccccc3-c3ccccc32)cc1Oc1ccc2c3c4c(ccc3n(-c3cc(C(C)(C)C)ccn3)c2c1)-c1ccccc1-c1ccccc1-c1ccccc1-4. The van der Waals surface area contributed by atoms with Crippen molar-refractivity contribution in [3.63, 3.8) is 0 Å². The molecule has 1 aliphatic heterocycles. The number of nitrogens with zero attached hydrogens (tertiary/aromatic N) is 3. The number of rotatable bonds is 4. The molecular weight excluding hydrogens is 839 g/mol. The van der Waals surface area contributed by atoms with E-state index in [-0.39, 0.29) is 5.41 Å². The third kappa shape index (κ3) is 6.58. The van der Waals surface area contributed by atoms with E-state index < -0.39 is 0 Å². The molecule has 0 bridgehead atoms. The van der Waals surface area contributed by atoms with Gasteiger partial charge < -0.3 is 4.74 Å². The molecule has 0 fully saturated rings. The van der Waals surface area contributed by atoms with Crippen LogP contribution in [0.25, 0.3) is 94.4 Å². The molecule has 4 heteroatoms. The highest BCUT2D eigenvalue weighted by Crippen LogP contribution is 2.52. The zero-order valence-corrected chi connectivity index (χ0v) is 39.0. The molecule has 328 valence electrons. The van der Waals surface area contributed by atoms with Gasteiger partial charge in [0.05, 0.1) is 22.4 Å². The van der Waals surface area contributed by atoms with E-state index >= 15 is 0 Å². The van der Waals surface area contributed by atoms with Crippen LogP contribution in [0, 0.1) is 6.92 Å². The average molecular weight is 886 g/mol. The molecule has 69 heavy (non-hydrogen) atoms. The molecule has 11 aromatic rings. The van der Waals surface area contributed by atoms with Gasteiger partial charge in [-0.15, -0.1) is 0 Å². The van der Waals surface area contributed by atoms with Crippen molar-refractivity contribution in [2.24, 2.45) is 4.99 Å². The summed E-state index contributed by atoms with van der Waals surface area (Å²) in [6, 6.07) is 74.4. The van der Waals surface area contributed by atoms with E-state index in [9.17, 15) is 0 Å². The Morgan fingerprint density at radius 3 is 1.62 bits per heavy atom. The maximum absolute atomic E-state index is 7.09. The number of ether oxygens (including phenoxy) is 1. The van der Waals surface area contributed by atoms with Crippen molar-refractivity contribution in [3.8, 4) is 84.1 Å². The highest BCUT2D eigenvalue weighted by atomic mass is 16.5. The molecule has 9 aromatic carbocycles. The van der Waals surface area contributed by atoms with Crippen LogP contribution >= 0.6 is 0 Å². The van der Waals surface area contributed by atoms with Crippen LogP contribution in [0.5, 0.6) is 11.5 Å². The van der Waals surface area contributed by atoms with Gasteiger partial charge >= 0.3 is 0 Å². The van der Waals surface area contributed by atoms with Crippen LogP contribution in [0.1, 0.15) is 43.0 Å². The first-order chi connectivity index (χ1) is 33.8. The van der Waals surface area contributed by atoms with E-state index in [4.69, 9.17) is 14.7 Å². The Morgan fingerprint density at radius 2 is 0.986 bits per heavy atom. The van der Waals surface area contributed by atoms with Gasteiger partial charge in [0.15, 0.2) is 0 Å². The fourth-order valence-corrected chi connectivity index (χ4v) is 10.8. The lowest BCUT2D eigenvalue weighted by Crippen LogP contribution is -2.12.